The largest absolute Gasteiger partial charge is 0.340 e. The monoisotopic (exact) mass is 332 g/mol. The van der Waals surface area contributed by atoms with Crippen molar-refractivity contribution >= 4 is 5.91 Å². The summed E-state index contributed by atoms with van der Waals surface area (Å²) in [6.45, 7) is 11.1. The van der Waals surface area contributed by atoms with Gasteiger partial charge in [-0.2, -0.15) is 5.10 Å². The molecule has 0 atom stereocenters. The van der Waals surface area contributed by atoms with Crippen LogP contribution in [-0.4, -0.2) is 58.2 Å². The van der Waals surface area contributed by atoms with E-state index in [2.05, 4.69) is 30.8 Å². The second-order valence-corrected chi connectivity index (χ2v) is 7.97. The van der Waals surface area contributed by atoms with Crippen molar-refractivity contribution in [2.45, 2.75) is 45.6 Å². The molecule has 24 heavy (non-hydrogen) atoms. The molecular formula is C18H28N4O2. The highest BCUT2D eigenvalue weighted by Gasteiger charge is 2.34. The SMILES string of the molecule is CC(C)(C)c1ccc(=O)n(CCN2CCN(C(=O)C3CC3)CC2)n1. The Hall–Kier alpha value is -1.69. The van der Waals surface area contributed by atoms with Crippen LogP contribution >= 0.6 is 0 Å². The van der Waals surface area contributed by atoms with Gasteiger partial charge in [-0.15, -0.1) is 0 Å². The normalized spacial score (nSPS) is 19.5. The molecule has 0 aromatic carbocycles. The average molecular weight is 332 g/mol. The van der Waals surface area contributed by atoms with Gasteiger partial charge in [-0.25, -0.2) is 4.68 Å². The van der Waals surface area contributed by atoms with Gasteiger partial charge < -0.3 is 4.90 Å². The number of piperazine rings is 1. The Labute approximate surface area is 143 Å². The van der Waals surface area contributed by atoms with E-state index in [1.54, 1.807) is 10.7 Å². The molecule has 1 amide bonds. The maximum absolute atomic E-state index is 12.1. The van der Waals surface area contributed by atoms with Gasteiger partial charge >= 0.3 is 0 Å². The van der Waals surface area contributed by atoms with E-state index in [0.29, 0.717) is 18.4 Å². The van der Waals surface area contributed by atoms with E-state index in [1.807, 2.05) is 11.0 Å². The molecule has 2 heterocycles. The minimum atomic E-state index is -0.0652. The molecule has 0 bridgehead atoms. The number of rotatable bonds is 4. The van der Waals surface area contributed by atoms with E-state index in [-0.39, 0.29) is 11.0 Å². The molecule has 2 aliphatic rings. The Bertz CT molecular complexity index is 650. The van der Waals surface area contributed by atoms with Gasteiger partial charge in [0.05, 0.1) is 12.2 Å². The van der Waals surface area contributed by atoms with E-state index < -0.39 is 0 Å². The molecule has 3 rings (SSSR count). The van der Waals surface area contributed by atoms with Crippen molar-refractivity contribution in [2.24, 2.45) is 5.92 Å². The lowest BCUT2D eigenvalue weighted by Gasteiger charge is -2.34. The first kappa shape index (κ1) is 17.1. The second-order valence-electron chi connectivity index (χ2n) is 7.97. The van der Waals surface area contributed by atoms with Crippen LogP contribution in [0.15, 0.2) is 16.9 Å². The van der Waals surface area contributed by atoms with Crippen LogP contribution in [0.3, 0.4) is 0 Å². The summed E-state index contributed by atoms with van der Waals surface area (Å²) >= 11 is 0. The first-order chi connectivity index (χ1) is 11.3. The van der Waals surface area contributed by atoms with Gasteiger partial charge in [-0.3, -0.25) is 14.5 Å². The van der Waals surface area contributed by atoms with Gasteiger partial charge in [0, 0.05) is 50.1 Å². The third kappa shape index (κ3) is 4.04. The van der Waals surface area contributed by atoms with E-state index >= 15 is 0 Å². The number of hydrogen-bond acceptors (Lipinski definition) is 4. The third-order valence-electron chi connectivity index (χ3n) is 4.87. The van der Waals surface area contributed by atoms with E-state index in [9.17, 15) is 9.59 Å². The number of nitrogens with zero attached hydrogens (tertiary/aromatic N) is 4. The predicted molar refractivity (Wildman–Crippen MR) is 92.9 cm³/mol. The second kappa shape index (κ2) is 6.67. The van der Waals surface area contributed by atoms with Crippen LogP contribution in [0.25, 0.3) is 0 Å². The molecule has 6 heteroatoms. The zero-order valence-corrected chi connectivity index (χ0v) is 15.0. The topological polar surface area (TPSA) is 58.4 Å². The summed E-state index contributed by atoms with van der Waals surface area (Å²) in [5, 5.41) is 4.52. The van der Waals surface area contributed by atoms with Gasteiger partial charge in [0.25, 0.3) is 5.56 Å². The molecule has 0 radical (unpaired) electrons. The van der Waals surface area contributed by atoms with Crippen molar-refractivity contribution in [3.05, 3.63) is 28.2 Å². The minimum Gasteiger partial charge on any atom is -0.340 e. The zero-order chi connectivity index (χ0) is 17.3. The van der Waals surface area contributed by atoms with Gasteiger partial charge in [-0.1, -0.05) is 20.8 Å². The molecular weight excluding hydrogens is 304 g/mol. The predicted octanol–water partition coefficient (Wildman–Crippen LogP) is 1.10. The fourth-order valence-corrected chi connectivity index (χ4v) is 3.03. The summed E-state index contributed by atoms with van der Waals surface area (Å²) in [6.07, 6.45) is 2.13. The van der Waals surface area contributed by atoms with Gasteiger partial charge in [0.1, 0.15) is 0 Å². The summed E-state index contributed by atoms with van der Waals surface area (Å²) in [7, 11) is 0. The molecule has 1 aliphatic carbocycles. The van der Waals surface area contributed by atoms with Crippen LogP contribution in [0.5, 0.6) is 0 Å². The van der Waals surface area contributed by atoms with Crippen molar-refractivity contribution in [3.63, 3.8) is 0 Å². The Balaban J connectivity index is 1.53. The van der Waals surface area contributed by atoms with Crippen LogP contribution in [0.1, 0.15) is 39.3 Å². The Morgan fingerprint density at radius 2 is 1.79 bits per heavy atom. The smallest absolute Gasteiger partial charge is 0.266 e. The van der Waals surface area contributed by atoms with Crippen LogP contribution in [-0.2, 0) is 16.8 Å². The van der Waals surface area contributed by atoms with Crippen LogP contribution in [0.2, 0.25) is 0 Å². The minimum absolute atomic E-state index is 0.0504. The van der Waals surface area contributed by atoms with Crippen molar-refractivity contribution in [2.75, 3.05) is 32.7 Å². The van der Waals surface area contributed by atoms with Gasteiger partial charge in [0.2, 0.25) is 5.91 Å². The number of carbonyl (C=O) groups is 1. The summed E-state index contributed by atoms with van der Waals surface area (Å²) in [5.41, 5.74) is 0.817. The number of aromatic nitrogens is 2. The number of carbonyl (C=O) groups excluding carboxylic acids is 1. The molecule has 1 aromatic heterocycles. The molecule has 0 spiro atoms. The van der Waals surface area contributed by atoms with Crippen molar-refractivity contribution < 1.29 is 4.79 Å². The average Bonchev–Trinajstić information content (AvgIpc) is 3.38. The lowest BCUT2D eigenvalue weighted by molar-refractivity contribution is -0.134. The molecule has 1 saturated heterocycles. The summed E-state index contributed by atoms with van der Waals surface area (Å²) in [6, 6.07) is 3.43. The van der Waals surface area contributed by atoms with Crippen molar-refractivity contribution in [3.8, 4) is 0 Å². The molecule has 2 fully saturated rings. The first-order valence-corrected chi connectivity index (χ1v) is 8.94. The fourth-order valence-electron chi connectivity index (χ4n) is 3.03. The summed E-state index contributed by atoms with van der Waals surface area (Å²) < 4.78 is 1.57. The van der Waals surface area contributed by atoms with E-state index in [0.717, 1.165) is 51.3 Å². The van der Waals surface area contributed by atoms with Gasteiger partial charge in [-0.05, 0) is 18.9 Å². The Kier molecular flexibility index (Phi) is 4.76. The molecule has 6 nitrogen and oxygen atoms in total. The Morgan fingerprint density at radius 1 is 1.12 bits per heavy atom. The van der Waals surface area contributed by atoms with Crippen molar-refractivity contribution in [1.29, 1.82) is 0 Å². The van der Waals surface area contributed by atoms with E-state index in [1.165, 1.54) is 0 Å². The lowest BCUT2D eigenvalue weighted by Crippen LogP contribution is -2.50. The van der Waals surface area contributed by atoms with Crippen LogP contribution in [0, 0.1) is 5.92 Å². The highest BCUT2D eigenvalue weighted by Crippen LogP contribution is 2.31. The van der Waals surface area contributed by atoms with Crippen LogP contribution in [0.4, 0.5) is 0 Å². The number of hydrogen-bond donors (Lipinski definition) is 0. The molecule has 0 N–H and O–H groups in total. The highest BCUT2D eigenvalue weighted by molar-refractivity contribution is 5.81. The molecule has 1 aromatic rings. The fraction of sp³-hybridized carbons (Fsp3) is 0.722. The van der Waals surface area contributed by atoms with Crippen molar-refractivity contribution in [1.82, 2.24) is 19.6 Å². The molecule has 1 aliphatic heterocycles. The maximum Gasteiger partial charge on any atom is 0.266 e. The first-order valence-electron chi connectivity index (χ1n) is 8.94. The number of amides is 1. The lowest BCUT2D eigenvalue weighted by atomic mass is 9.92. The quantitative estimate of drug-likeness (QED) is 0.828. The summed E-state index contributed by atoms with van der Waals surface area (Å²) in [5.74, 6) is 0.643. The van der Waals surface area contributed by atoms with Crippen LogP contribution < -0.4 is 5.56 Å². The van der Waals surface area contributed by atoms with E-state index in [4.69, 9.17) is 0 Å². The standard InChI is InChI=1S/C18H28N4O2/c1-18(2,3)15-6-7-16(23)22(19-15)13-10-20-8-11-21(12-9-20)17(24)14-4-5-14/h6-7,14H,4-5,8-13H2,1-3H3. The zero-order valence-electron chi connectivity index (χ0n) is 15.0. The maximum atomic E-state index is 12.1. The van der Waals surface area contributed by atoms with Gasteiger partial charge in [0.15, 0.2) is 0 Å². The Morgan fingerprint density at radius 3 is 2.38 bits per heavy atom. The molecule has 0 unspecified atom stereocenters. The molecule has 132 valence electrons. The highest BCUT2D eigenvalue weighted by atomic mass is 16.2. The molecule has 1 saturated carbocycles. The summed E-state index contributed by atoms with van der Waals surface area (Å²) in [4.78, 5) is 28.4. The third-order valence-corrected chi connectivity index (χ3v) is 4.87.